The Morgan fingerprint density at radius 3 is 2.62 bits per heavy atom. The van der Waals surface area contributed by atoms with E-state index >= 15 is 0 Å². The summed E-state index contributed by atoms with van der Waals surface area (Å²) in [5.41, 5.74) is 7.00. The molecule has 0 saturated carbocycles. The van der Waals surface area contributed by atoms with Crippen molar-refractivity contribution in [2.24, 2.45) is 0 Å². The molecule has 0 aliphatic rings. The van der Waals surface area contributed by atoms with Crippen LogP contribution in [-0.4, -0.2) is 51.4 Å². The van der Waals surface area contributed by atoms with Crippen LogP contribution in [0.25, 0.3) is 5.65 Å². The summed E-state index contributed by atoms with van der Waals surface area (Å²) >= 11 is 0. The molecule has 0 fully saturated rings. The van der Waals surface area contributed by atoms with Crippen molar-refractivity contribution in [2.45, 2.75) is 45.9 Å². The van der Waals surface area contributed by atoms with Gasteiger partial charge in [-0.2, -0.15) is 9.61 Å². The van der Waals surface area contributed by atoms with E-state index in [1.807, 2.05) is 0 Å². The van der Waals surface area contributed by atoms with Gasteiger partial charge in [0.05, 0.1) is 31.7 Å². The van der Waals surface area contributed by atoms with Crippen LogP contribution in [0.4, 0.5) is 10.3 Å². The minimum absolute atomic E-state index is 0.121. The van der Waals surface area contributed by atoms with E-state index in [1.54, 1.807) is 20.0 Å². The van der Waals surface area contributed by atoms with Crippen LogP contribution < -0.4 is 5.73 Å². The lowest BCUT2D eigenvalue weighted by molar-refractivity contribution is 0.0461. The molecule has 146 valence electrons. The van der Waals surface area contributed by atoms with Gasteiger partial charge in [0.2, 0.25) is 5.95 Å². The van der Waals surface area contributed by atoms with Crippen molar-refractivity contribution in [3.63, 3.8) is 0 Å². The largest absolute Gasteiger partial charge is 0.368 e. The average Bonchev–Trinajstić information content (AvgIpc) is 2.97. The van der Waals surface area contributed by atoms with Gasteiger partial charge in [-0.15, -0.1) is 0 Å². The molecule has 2 heterocycles. The monoisotopic (exact) mass is 389 g/mol. The number of ether oxygens (including phenoxy) is 1. The molecule has 2 N–H and O–H groups in total. The smallest absolute Gasteiger partial charge is 0.356 e. The van der Waals surface area contributed by atoms with Crippen LogP contribution in [0.1, 0.15) is 32.8 Å². The van der Waals surface area contributed by atoms with E-state index in [4.69, 9.17) is 19.5 Å². The van der Waals surface area contributed by atoms with Crippen LogP contribution in [0.5, 0.6) is 0 Å². The lowest BCUT2D eigenvalue weighted by Gasteiger charge is -2.22. The highest BCUT2D eigenvalue weighted by Crippen LogP contribution is 2.48. The van der Waals surface area contributed by atoms with Crippen molar-refractivity contribution in [2.75, 3.05) is 25.3 Å². The third-order valence-electron chi connectivity index (χ3n) is 3.56. The Balaban J connectivity index is 2.13. The number of hydrogen-bond donors (Lipinski definition) is 1. The second-order valence-electron chi connectivity index (χ2n) is 5.72. The zero-order valence-electron chi connectivity index (χ0n) is 15.2. The molecule has 0 radical (unpaired) electrons. The van der Waals surface area contributed by atoms with Gasteiger partial charge >= 0.3 is 7.60 Å². The highest BCUT2D eigenvalue weighted by atomic mass is 31.2. The van der Waals surface area contributed by atoms with Gasteiger partial charge in [0.1, 0.15) is 12.7 Å². The van der Waals surface area contributed by atoms with E-state index in [9.17, 15) is 8.96 Å². The van der Waals surface area contributed by atoms with Gasteiger partial charge in [0.15, 0.2) is 5.65 Å². The number of hydrogen-bond acceptors (Lipinski definition) is 8. The second kappa shape index (κ2) is 9.36. The Morgan fingerprint density at radius 1 is 1.31 bits per heavy atom. The molecule has 2 aromatic rings. The summed E-state index contributed by atoms with van der Waals surface area (Å²) in [6.45, 7) is 5.34. The van der Waals surface area contributed by atoms with Crippen molar-refractivity contribution >= 4 is 19.2 Å². The van der Waals surface area contributed by atoms with Crippen LogP contribution in [0.2, 0.25) is 0 Å². The van der Waals surface area contributed by atoms with Gasteiger partial charge in [-0.25, -0.2) is 14.4 Å². The molecule has 11 heteroatoms. The summed E-state index contributed by atoms with van der Waals surface area (Å²) in [4.78, 5) is 8.02. The molecule has 2 aromatic heterocycles. The molecule has 0 spiro atoms. The maximum atomic E-state index is 13.6. The fourth-order valence-corrected chi connectivity index (χ4v) is 3.95. The van der Waals surface area contributed by atoms with Gasteiger partial charge in [-0.05, 0) is 20.8 Å². The van der Waals surface area contributed by atoms with Gasteiger partial charge in [-0.3, -0.25) is 4.57 Å². The average molecular weight is 389 g/mol. The van der Waals surface area contributed by atoms with Crippen molar-refractivity contribution in [3.8, 4) is 0 Å². The zero-order chi connectivity index (χ0) is 19.2. The minimum Gasteiger partial charge on any atom is -0.368 e. The van der Waals surface area contributed by atoms with Crippen LogP contribution in [0, 0.1) is 0 Å². The van der Waals surface area contributed by atoms with Gasteiger partial charge in [-0.1, -0.05) is 0 Å². The Morgan fingerprint density at radius 2 is 2.00 bits per heavy atom. The van der Waals surface area contributed by atoms with Crippen LogP contribution in [0.15, 0.2) is 12.5 Å². The number of nitrogens with zero attached hydrogens (tertiary/aromatic N) is 4. The predicted molar refractivity (Wildman–Crippen MR) is 94.7 cm³/mol. The lowest BCUT2D eigenvalue weighted by atomic mass is 10.1. The van der Waals surface area contributed by atoms with E-state index in [1.165, 1.54) is 17.8 Å². The third-order valence-corrected chi connectivity index (χ3v) is 5.33. The first kappa shape index (κ1) is 20.7. The number of aromatic nitrogens is 4. The normalized spacial score (nSPS) is 14.6. The molecule has 0 unspecified atom stereocenters. The zero-order valence-corrected chi connectivity index (χ0v) is 16.1. The summed E-state index contributed by atoms with van der Waals surface area (Å²) in [7, 11) is -3.37. The number of halogens is 1. The fourth-order valence-electron chi connectivity index (χ4n) is 2.54. The van der Waals surface area contributed by atoms with E-state index in [0.717, 1.165) is 5.56 Å². The van der Waals surface area contributed by atoms with Crippen molar-refractivity contribution in [1.82, 2.24) is 19.6 Å². The second-order valence-corrected chi connectivity index (χ2v) is 7.72. The first-order valence-corrected chi connectivity index (χ1v) is 10.2. The molecule has 0 aliphatic carbocycles. The highest BCUT2D eigenvalue weighted by molar-refractivity contribution is 7.53. The molecule has 26 heavy (non-hydrogen) atoms. The summed E-state index contributed by atoms with van der Waals surface area (Å²) in [6, 6.07) is 0. The standard InChI is InChI=1S/C15H25FN5O4P/c1-4-24-26(22,25-5-2)10-23-13(6-11(3)16)7-12-8-20-21-14(12)18-9-19-15(21)17/h8-9,11,13H,4-7,10H2,1-3H3,(H2,17,18,19)/t11-,13-/m1/s1. The Bertz CT molecular complexity index is 747. The Hall–Kier alpha value is -1.61. The van der Waals surface area contributed by atoms with Gasteiger partial charge in [0, 0.05) is 18.4 Å². The van der Waals surface area contributed by atoms with Gasteiger partial charge < -0.3 is 19.5 Å². The number of fused-ring (bicyclic) bond motifs is 1. The third kappa shape index (κ3) is 5.44. The summed E-state index contributed by atoms with van der Waals surface area (Å²) in [5, 5.41) is 4.13. The molecule has 0 saturated heterocycles. The molecular formula is C15H25FN5O4P. The number of rotatable bonds is 11. The Kier molecular flexibility index (Phi) is 7.45. The first-order chi connectivity index (χ1) is 12.4. The van der Waals surface area contributed by atoms with E-state index in [0.29, 0.717) is 12.1 Å². The first-order valence-electron chi connectivity index (χ1n) is 8.45. The minimum atomic E-state index is -3.37. The molecule has 2 atom stereocenters. The molecule has 0 amide bonds. The van der Waals surface area contributed by atoms with Crippen molar-refractivity contribution in [1.29, 1.82) is 0 Å². The van der Waals surface area contributed by atoms with Crippen molar-refractivity contribution in [3.05, 3.63) is 18.1 Å². The molecule has 9 nitrogen and oxygen atoms in total. The molecule has 2 rings (SSSR count). The topological polar surface area (TPSA) is 114 Å². The van der Waals surface area contributed by atoms with Crippen LogP contribution in [-0.2, 0) is 24.8 Å². The van der Waals surface area contributed by atoms with Crippen LogP contribution in [0.3, 0.4) is 0 Å². The van der Waals surface area contributed by atoms with Crippen molar-refractivity contribution < 1.29 is 22.7 Å². The van der Waals surface area contributed by atoms with E-state index in [2.05, 4.69) is 15.1 Å². The fraction of sp³-hybridized carbons (Fsp3) is 0.667. The van der Waals surface area contributed by atoms with Crippen LogP contribution >= 0.6 is 7.60 Å². The highest BCUT2D eigenvalue weighted by Gasteiger charge is 2.27. The summed E-state index contributed by atoms with van der Waals surface area (Å²) in [6.07, 6.45) is 1.48. The SMILES string of the molecule is CCOP(=O)(CO[C@@H](Cc1cnn2c(N)ncnc12)C[C@@H](C)F)OCC. The number of nitrogens with two attached hydrogens (primary N) is 1. The molecule has 0 aromatic carbocycles. The van der Waals surface area contributed by atoms with E-state index < -0.39 is 19.9 Å². The maximum absolute atomic E-state index is 13.6. The number of anilines is 1. The quantitative estimate of drug-likeness (QED) is 0.584. The maximum Gasteiger partial charge on any atom is 0.356 e. The lowest BCUT2D eigenvalue weighted by Crippen LogP contribution is -2.21. The summed E-state index contributed by atoms with van der Waals surface area (Å²) in [5.74, 6) is 0.203. The molecular weight excluding hydrogens is 364 g/mol. The number of nitrogen functional groups attached to an aromatic ring is 1. The molecule has 0 bridgehead atoms. The van der Waals surface area contributed by atoms with Gasteiger partial charge in [0.25, 0.3) is 0 Å². The molecule has 0 aliphatic heterocycles. The van der Waals surface area contributed by atoms with E-state index in [-0.39, 0.29) is 31.9 Å². The predicted octanol–water partition coefficient (Wildman–Crippen LogP) is 2.61. The summed E-state index contributed by atoms with van der Waals surface area (Å²) < 4.78 is 43.7. The number of alkyl halides is 1. The Labute approximate surface area is 151 Å².